The molecule has 4 nitrogen and oxygen atoms in total. The van der Waals surface area contributed by atoms with Gasteiger partial charge in [-0.05, 0) is 58.2 Å². The quantitative estimate of drug-likeness (QED) is 0.566. The molecule has 0 amide bonds. The summed E-state index contributed by atoms with van der Waals surface area (Å²) >= 11 is 4.77. The van der Waals surface area contributed by atoms with Crippen molar-refractivity contribution in [1.82, 2.24) is 4.72 Å². The summed E-state index contributed by atoms with van der Waals surface area (Å²) in [6, 6.07) is 7.54. The molecule has 1 unspecified atom stereocenters. The minimum Gasteiger partial charge on any atom is -0.598 e. The van der Waals surface area contributed by atoms with Crippen molar-refractivity contribution in [3.8, 4) is 0 Å². The van der Waals surface area contributed by atoms with E-state index in [1.807, 2.05) is 45.0 Å². The Labute approximate surface area is 159 Å². The first-order valence-electron chi connectivity index (χ1n) is 8.79. The monoisotopic (exact) mass is 385 g/mol. The molecule has 6 heteroatoms. The standard InChI is InChI=1S/C19H28ClNO3S/c1-5-24-17(22)13-16(21-25(23)18(2,3)4)19(11-6-12-19)14-7-9-15(20)10-8-14/h7-10,16,21H,5-6,11-13H2,1-4H3/t16-,25?/m0/s1. The molecule has 1 saturated carbocycles. The van der Waals surface area contributed by atoms with Crippen LogP contribution in [0.1, 0.15) is 58.9 Å². The van der Waals surface area contributed by atoms with Crippen molar-refractivity contribution >= 4 is 28.9 Å². The molecule has 1 aromatic carbocycles. The molecule has 1 aromatic rings. The summed E-state index contributed by atoms with van der Waals surface area (Å²) in [6.45, 7) is 7.92. The second kappa shape index (κ2) is 8.30. The van der Waals surface area contributed by atoms with Gasteiger partial charge in [0.15, 0.2) is 0 Å². The Kier molecular flexibility index (Phi) is 6.82. The van der Waals surface area contributed by atoms with Crippen molar-refractivity contribution in [2.45, 2.75) is 69.6 Å². The molecule has 2 atom stereocenters. The fourth-order valence-corrected chi connectivity index (χ4v) is 4.27. The first kappa shape index (κ1) is 20.6. The van der Waals surface area contributed by atoms with Crippen LogP contribution in [0.25, 0.3) is 0 Å². The predicted molar refractivity (Wildman–Crippen MR) is 103 cm³/mol. The number of ether oxygens (including phenoxy) is 1. The van der Waals surface area contributed by atoms with E-state index in [0.717, 1.165) is 24.8 Å². The van der Waals surface area contributed by atoms with Crippen LogP contribution in [0.4, 0.5) is 0 Å². The lowest BCUT2D eigenvalue weighted by atomic mass is 9.59. The highest BCUT2D eigenvalue weighted by Crippen LogP contribution is 2.48. The Morgan fingerprint density at radius 1 is 1.36 bits per heavy atom. The number of halogens is 1. The fraction of sp³-hybridized carbons (Fsp3) is 0.632. The summed E-state index contributed by atoms with van der Waals surface area (Å²) in [7, 11) is 0. The van der Waals surface area contributed by atoms with E-state index in [1.54, 1.807) is 6.92 Å². The van der Waals surface area contributed by atoms with Gasteiger partial charge < -0.3 is 9.29 Å². The first-order chi connectivity index (χ1) is 11.7. The van der Waals surface area contributed by atoms with Gasteiger partial charge in [-0.1, -0.05) is 30.2 Å². The lowest BCUT2D eigenvalue weighted by Crippen LogP contribution is -2.57. The van der Waals surface area contributed by atoms with E-state index in [-0.39, 0.29) is 23.8 Å². The van der Waals surface area contributed by atoms with E-state index in [0.29, 0.717) is 11.6 Å². The van der Waals surface area contributed by atoms with Crippen LogP contribution in [0, 0.1) is 0 Å². The van der Waals surface area contributed by atoms with Crippen molar-refractivity contribution in [1.29, 1.82) is 0 Å². The molecular weight excluding hydrogens is 358 g/mol. The van der Waals surface area contributed by atoms with Crippen LogP contribution < -0.4 is 4.72 Å². The average Bonchev–Trinajstić information content (AvgIpc) is 2.47. The molecule has 1 aliphatic rings. The molecule has 25 heavy (non-hydrogen) atoms. The van der Waals surface area contributed by atoms with E-state index in [9.17, 15) is 9.35 Å². The molecule has 1 fully saturated rings. The predicted octanol–water partition coefficient (Wildman–Crippen LogP) is 4.14. The van der Waals surface area contributed by atoms with Crippen molar-refractivity contribution < 1.29 is 14.1 Å². The topological polar surface area (TPSA) is 61.4 Å². The summed E-state index contributed by atoms with van der Waals surface area (Å²) in [5, 5.41) is 0.686. The van der Waals surface area contributed by atoms with Gasteiger partial charge in [0.1, 0.15) is 4.75 Å². The molecule has 2 rings (SSSR count). The molecule has 0 heterocycles. The zero-order chi connectivity index (χ0) is 18.7. The minimum absolute atomic E-state index is 0.207. The highest BCUT2D eigenvalue weighted by molar-refractivity contribution is 7.90. The SMILES string of the molecule is CCOC(=O)C[C@H](N[S+]([O-])C(C)(C)C)C1(c2ccc(Cl)cc2)CCC1. The number of carbonyl (C=O) groups is 1. The van der Waals surface area contributed by atoms with Crippen molar-refractivity contribution in [2.24, 2.45) is 0 Å². The number of hydrogen-bond acceptors (Lipinski definition) is 4. The van der Waals surface area contributed by atoms with Crippen LogP contribution >= 0.6 is 11.6 Å². The zero-order valence-electron chi connectivity index (χ0n) is 15.4. The second-order valence-electron chi connectivity index (χ2n) is 7.58. The van der Waals surface area contributed by atoms with Crippen molar-refractivity contribution in [3.05, 3.63) is 34.9 Å². The van der Waals surface area contributed by atoms with E-state index in [1.165, 1.54) is 0 Å². The Balaban J connectivity index is 2.30. The summed E-state index contributed by atoms with van der Waals surface area (Å²) in [6.07, 6.45) is 3.20. The molecule has 0 aliphatic heterocycles. The molecule has 1 aliphatic carbocycles. The van der Waals surface area contributed by atoms with Crippen LogP contribution in [0.5, 0.6) is 0 Å². The number of hydrogen-bond donors (Lipinski definition) is 1. The molecule has 140 valence electrons. The van der Waals surface area contributed by atoms with Gasteiger partial charge in [0.25, 0.3) is 0 Å². The highest BCUT2D eigenvalue weighted by atomic mass is 35.5. The Hall–Kier alpha value is -0.750. The molecule has 0 saturated heterocycles. The zero-order valence-corrected chi connectivity index (χ0v) is 17.0. The van der Waals surface area contributed by atoms with Gasteiger partial charge in [0.05, 0.1) is 19.1 Å². The highest BCUT2D eigenvalue weighted by Gasteiger charge is 2.49. The third kappa shape index (κ3) is 4.91. The van der Waals surface area contributed by atoms with E-state index in [4.69, 9.17) is 16.3 Å². The Bertz CT molecular complexity index is 581. The van der Waals surface area contributed by atoms with Crippen molar-refractivity contribution in [2.75, 3.05) is 6.61 Å². The fourth-order valence-electron chi connectivity index (χ4n) is 3.22. The Morgan fingerprint density at radius 2 is 1.96 bits per heavy atom. The lowest BCUT2D eigenvalue weighted by Gasteiger charge is -2.48. The van der Waals surface area contributed by atoms with Gasteiger partial charge in [-0.3, -0.25) is 4.79 Å². The van der Waals surface area contributed by atoms with Gasteiger partial charge in [-0.25, -0.2) is 0 Å². The van der Waals surface area contributed by atoms with Gasteiger partial charge in [0.2, 0.25) is 0 Å². The third-order valence-electron chi connectivity index (χ3n) is 4.81. The summed E-state index contributed by atoms with van der Waals surface area (Å²) in [4.78, 5) is 12.2. The molecule has 0 bridgehead atoms. The van der Waals surface area contributed by atoms with Gasteiger partial charge >= 0.3 is 5.97 Å². The molecule has 0 radical (unpaired) electrons. The number of esters is 1. The average molecular weight is 386 g/mol. The largest absolute Gasteiger partial charge is 0.598 e. The minimum atomic E-state index is -1.26. The first-order valence-corrected chi connectivity index (χ1v) is 10.3. The molecule has 0 spiro atoms. The van der Waals surface area contributed by atoms with Crippen LogP contribution in [-0.2, 0) is 26.3 Å². The molecule has 1 N–H and O–H groups in total. The summed E-state index contributed by atoms with van der Waals surface area (Å²) in [5.41, 5.74) is 0.925. The Morgan fingerprint density at radius 3 is 2.40 bits per heavy atom. The summed E-state index contributed by atoms with van der Waals surface area (Å²) < 4.78 is 20.7. The van der Waals surface area contributed by atoms with E-state index >= 15 is 0 Å². The van der Waals surface area contributed by atoms with E-state index < -0.39 is 16.1 Å². The normalized spacial score (nSPS) is 19.0. The number of rotatable bonds is 7. The summed E-state index contributed by atoms with van der Waals surface area (Å²) in [5.74, 6) is -0.258. The smallest absolute Gasteiger partial charge is 0.307 e. The van der Waals surface area contributed by atoms with Crippen LogP contribution in [0.2, 0.25) is 5.02 Å². The van der Waals surface area contributed by atoms with Crippen LogP contribution in [0.3, 0.4) is 0 Å². The van der Waals surface area contributed by atoms with Crippen LogP contribution in [-0.4, -0.2) is 27.9 Å². The maximum Gasteiger partial charge on any atom is 0.307 e. The maximum absolute atomic E-state index is 12.7. The molecular formula is C19H28ClNO3S. The number of benzene rings is 1. The lowest BCUT2D eigenvalue weighted by molar-refractivity contribution is -0.144. The van der Waals surface area contributed by atoms with Gasteiger partial charge in [-0.2, -0.15) is 0 Å². The van der Waals surface area contributed by atoms with Crippen molar-refractivity contribution in [3.63, 3.8) is 0 Å². The van der Waals surface area contributed by atoms with Gasteiger partial charge in [-0.15, -0.1) is 4.72 Å². The number of carbonyl (C=O) groups excluding carboxylic acids is 1. The molecule has 0 aromatic heterocycles. The number of nitrogens with one attached hydrogen (secondary N) is 1. The maximum atomic E-state index is 12.7. The second-order valence-corrected chi connectivity index (χ2v) is 10.0. The van der Waals surface area contributed by atoms with Crippen LogP contribution in [0.15, 0.2) is 24.3 Å². The van der Waals surface area contributed by atoms with Gasteiger partial charge in [0, 0.05) is 21.8 Å². The van der Waals surface area contributed by atoms with E-state index in [2.05, 4.69) is 4.72 Å². The third-order valence-corrected chi connectivity index (χ3v) is 6.68.